The lowest BCUT2D eigenvalue weighted by Gasteiger charge is -2.23. The third-order valence-electron chi connectivity index (χ3n) is 2.60. The van der Waals surface area contributed by atoms with Gasteiger partial charge in [-0.05, 0) is 24.1 Å². The first kappa shape index (κ1) is 16.9. The molecule has 0 bridgehead atoms. The van der Waals surface area contributed by atoms with Gasteiger partial charge in [-0.25, -0.2) is 8.42 Å². The zero-order valence-electron chi connectivity index (χ0n) is 11.0. The largest absolute Gasteiger partial charge is 0.402 e. The van der Waals surface area contributed by atoms with Crippen molar-refractivity contribution in [1.29, 1.82) is 0 Å². The van der Waals surface area contributed by atoms with E-state index in [-0.39, 0.29) is 18.0 Å². The SMILES string of the molecule is CCCN(CC(F)(F)F)S(=O)(=O)c1cccc(CN)c1. The smallest absolute Gasteiger partial charge is 0.326 e. The fraction of sp³-hybridized carbons (Fsp3) is 0.500. The Labute approximate surface area is 116 Å². The van der Waals surface area contributed by atoms with Gasteiger partial charge in [0, 0.05) is 13.1 Å². The lowest BCUT2D eigenvalue weighted by molar-refractivity contribution is -0.136. The quantitative estimate of drug-likeness (QED) is 0.875. The van der Waals surface area contributed by atoms with E-state index in [4.69, 9.17) is 5.73 Å². The summed E-state index contributed by atoms with van der Waals surface area (Å²) in [7, 11) is -4.17. The van der Waals surface area contributed by atoms with Gasteiger partial charge in [-0.2, -0.15) is 17.5 Å². The number of sulfonamides is 1. The van der Waals surface area contributed by atoms with E-state index in [1.54, 1.807) is 13.0 Å². The number of nitrogens with zero attached hydrogens (tertiary/aromatic N) is 1. The van der Waals surface area contributed by atoms with Crippen molar-refractivity contribution in [3.05, 3.63) is 29.8 Å². The molecule has 20 heavy (non-hydrogen) atoms. The summed E-state index contributed by atoms with van der Waals surface area (Å²) in [6.07, 6.45) is -4.28. The Hall–Kier alpha value is -1.12. The van der Waals surface area contributed by atoms with Crippen LogP contribution in [0.2, 0.25) is 0 Å². The minimum Gasteiger partial charge on any atom is -0.326 e. The molecule has 0 saturated heterocycles. The van der Waals surface area contributed by atoms with E-state index in [9.17, 15) is 21.6 Å². The minimum absolute atomic E-state index is 0.121. The van der Waals surface area contributed by atoms with Crippen LogP contribution in [0.3, 0.4) is 0 Å². The maximum atomic E-state index is 12.5. The molecule has 1 aromatic carbocycles. The van der Waals surface area contributed by atoms with Gasteiger partial charge in [0.25, 0.3) is 0 Å². The van der Waals surface area contributed by atoms with Crippen molar-refractivity contribution in [2.45, 2.75) is 31.0 Å². The Balaban J connectivity index is 3.15. The van der Waals surface area contributed by atoms with Crippen LogP contribution in [0.25, 0.3) is 0 Å². The standard InChI is InChI=1S/C12H17F3N2O2S/c1-2-6-17(9-12(13,14)15)20(18,19)11-5-3-4-10(7-11)8-16/h3-5,7H,2,6,8-9,16H2,1H3. The van der Waals surface area contributed by atoms with Gasteiger partial charge < -0.3 is 5.73 Å². The van der Waals surface area contributed by atoms with Gasteiger partial charge in [0.15, 0.2) is 0 Å². The molecule has 4 nitrogen and oxygen atoms in total. The van der Waals surface area contributed by atoms with Crippen LogP contribution in [0.1, 0.15) is 18.9 Å². The number of hydrogen-bond acceptors (Lipinski definition) is 3. The number of alkyl halides is 3. The average Bonchev–Trinajstić information content (AvgIpc) is 2.37. The molecule has 1 aromatic rings. The van der Waals surface area contributed by atoms with Gasteiger partial charge in [-0.15, -0.1) is 0 Å². The van der Waals surface area contributed by atoms with Crippen LogP contribution in [0.15, 0.2) is 29.2 Å². The highest BCUT2D eigenvalue weighted by molar-refractivity contribution is 7.89. The molecule has 0 fully saturated rings. The molecule has 0 saturated carbocycles. The summed E-state index contributed by atoms with van der Waals surface area (Å²) in [6.45, 7) is 0.0658. The predicted octanol–water partition coefficient (Wildman–Crippen LogP) is 2.11. The Kier molecular flexibility index (Phi) is 5.55. The molecule has 0 aromatic heterocycles. The molecule has 0 amide bonds. The molecule has 2 N–H and O–H groups in total. The molecule has 0 radical (unpaired) electrons. The Bertz CT molecular complexity index is 544. The summed E-state index contributed by atoms with van der Waals surface area (Å²) in [4.78, 5) is -0.168. The molecular formula is C12H17F3N2O2S. The maximum absolute atomic E-state index is 12.5. The zero-order chi connectivity index (χ0) is 15.4. The number of hydrogen-bond donors (Lipinski definition) is 1. The molecule has 0 unspecified atom stereocenters. The summed E-state index contributed by atoms with van der Waals surface area (Å²) in [5.74, 6) is 0. The molecule has 0 aliphatic rings. The first-order valence-corrected chi connectivity index (χ1v) is 7.50. The van der Waals surface area contributed by atoms with Gasteiger partial charge in [0.05, 0.1) is 4.90 Å². The highest BCUT2D eigenvalue weighted by atomic mass is 32.2. The van der Waals surface area contributed by atoms with Crippen LogP contribution in [0, 0.1) is 0 Å². The number of benzene rings is 1. The van der Waals surface area contributed by atoms with E-state index in [0.717, 1.165) is 0 Å². The van der Waals surface area contributed by atoms with Crippen LogP contribution in [0.4, 0.5) is 13.2 Å². The van der Waals surface area contributed by atoms with Gasteiger partial charge in [-0.1, -0.05) is 19.1 Å². The molecule has 8 heteroatoms. The van der Waals surface area contributed by atoms with Crippen molar-refractivity contribution < 1.29 is 21.6 Å². The third kappa shape index (κ3) is 4.46. The van der Waals surface area contributed by atoms with Gasteiger partial charge in [-0.3, -0.25) is 0 Å². The first-order chi connectivity index (χ1) is 9.20. The van der Waals surface area contributed by atoms with Crippen molar-refractivity contribution in [3.8, 4) is 0 Å². The van der Waals surface area contributed by atoms with Crippen molar-refractivity contribution >= 4 is 10.0 Å². The van der Waals surface area contributed by atoms with Crippen molar-refractivity contribution in [3.63, 3.8) is 0 Å². The van der Waals surface area contributed by atoms with Crippen LogP contribution in [0.5, 0.6) is 0 Å². The van der Waals surface area contributed by atoms with Crippen molar-refractivity contribution in [2.75, 3.05) is 13.1 Å². The number of rotatable bonds is 6. The topological polar surface area (TPSA) is 63.4 Å². The normalized spacial score (nSPS) is 12.9. The molecule has 1 rings (SSSR count). The molecule has 0 atom stereocenters. The fourth-order valence-corrected chi connectivity index (χ4v) is 3.30. The summed E-state index contributed by atoms with van der Waals surface area (Å²) >= 11 is 0. The van der Waals surface area contributed by atoms with E-state index in [1.807, 2.05) is 0 Å². The van der Waals surface area contributed by atoms with Crippen LogP contribution in [-0.2, 0) is 16.6 Å². The summed E-state index contributed by atoms with van der Waals surface area (Å²) in [5.41, 5.74) is 5.96. The summed E-state index contributed by atoms with van der Waals surface area (Å²) < 4.78 is 62.4. The monoisotopic (exact) mass is 310 g/mol. The minimum atomic E-state index is -4.58. The van der Waals surface area contributed by atoms with Gasteiger partial charge in [0.2, 0.25) is 10.0 Å². The predicted molar refractivity (Wildman–Crippen MR) is 69.4 cm³/mol. The Morgan fingerprint density at radius 2 is 1.95 bits per heavy atom. The van der Waals surface area contributed by atoms with Crippen LogP contribution >= 0.6 is 0 Å². The highest BCUT2D eigenvalue weighted by Crippen LogP contribution is 2.23. The fourth-order valence-electron chi connectivity index (χ4n) is 1.72. The van der Waals surface area contributed by atoms with E-state index in [1.165, 1.54) is 18.2 Å². The van der Waals surface area contributed by atoms with E-state index in [2.05, 4.69) is 0 Å². The van der Waals surface area contributed by atoms with Crippen LogP contribution in [-0.4, -0.2) is 32.0 Å². The number of nitrogens with two attached hydrogens (primary N) is 1. The maximum Gasteiger partial charge on any atom is 0.402 e. The van der Waals surface area contributed by atoms with E-state index < -0.39 is 22.7 Å². The van der Waals surface area contributed by atoms with Crippen molar-refractivity contribution in [2.24, 2.45) is 5.73 Å². The Morgan fingerprint density at radius 3 is 2.45 bits per heavy atom. The lowest BCUT2D eigenvalue weighted by Crippen LogP contribution is -2.39. The second kappa shape index (κ2) is 6.55. The molecule has 0 spiro atoms. The molecule has 114 valence electrons. The molecule has 0 heterocycles. The second-order valence-corrected chi connectivity index (χ2v) is 6.24. The average molecular weight is 310 g/mol. The third-order valence-corrected chi connectivity index (χ3v) is 4.44. The van der Waals surface area contributed by atoms with E-state index >= 15 is 0 Å². The number of halogens is 3. The van der Waals surface area contributed by atoms with Crippen molar-refractivity contribution in [1.82, 2.24) is 4.31 Å². The zero-order valence-corrected chi connectivity index (χ0v) is 11.8. The first-order valence-electron chi connectivity index (χ1n) is 6.06. The Morgan fingerprint density at radius 1 is 1.30 bits per heavy atom. The summed E-state index contributed by atoms with van der Waals surface area (Å²) in [5, 5.41) is 0. The lowest BCUT2D eigenvalue weighted by atomic mass is 10.2. The molecule has 0 aliphatic carbocycles. The van der Waals surface area contributed by atoms with Crippen LogP contribution < -0.4 is 5.73 Å². The highest BCUT2D eigenvalue weighted by Gasteiger charge is 2.36. The molecule has 0 aliphatic heterocycles. The molecular weight excluding hydrogens is 293 g/mol. The second-order valence-electron chi connectivity index (χ2n) is 4.31. The summed E-state index contributed by atoms with van der Waals surface area (Å²) in [6, 6.07) is 5.65. The van der Waals surface area contributed by atoms with Gasteiger partial charge >= 0.3 is 6.18 Å². The van der Waals surface area contributed by atoms with E-state index in [0.29, 0.717) is 16.3 Å². The van der Waals surface area contributed by atoms with Gasteiger partial charge in [0.1, 0.15) is 6.54 Å².